The van der Waals surface area contributed by atoms with Crippen LogP contribution in [0.5, 0.6) is 0 Å². The molecule has 0 bridgehead atoms. The maximum absolute atomic E-state index is 5.93. The van der Waals surface area contributed by atoms with Crippen LogP contribution in [-0.4, -0.2) is 14.8 Å². The number of nitrogens with zero attached hydrogens (tertiary/aromatic N) is 3. The zero-order chi connectivity index (χ0) is 11.5. The standard InChI is InChI=1S/C11H14N4S/c1-8(12)9-5-3-4-6-10(9)16-11-13-7-14-15(11)2/h3-8H,12H2,1-2H3/t8-/m0/s1. The van der Waals surface area contributed by atoms with Crippen molar-refractivity contribution in [2.75, 3.05) is 0 Å². The van der Waals surface area contributed by atoms with Gasteiger partial charge in [0.05, 0.1) is 0 Å². The van der Waals surface area contributed by atoms with Crippen LogP contribution < -0.4 is 5.73 Å². The number of aromatic nitrogens is 3. The molecule has 2 N–H and O–H groups in total. The molecule has 0 aliphatic rings. The van der Waals surface area contributed by atoms with Crippen molar-refractivity contribution < 1.29 is 0 Å². The van der Waals surface area contributed by atoms with Crippen molar-refractivity contribution in [3.63, 3.8) is 0 Å². The predicted octanol–water partition coefficient (Wildman–Crippen LogP) is 1.99. The Morgan fingerprint density at radius 1 is 1.38 bits per heavy atom. The second-order valence-corrected chi connectivity index (χ2v) is 4.60. The van der Waals surface area contributed by atoms with Crippen LogP contribution in [0.15, 0.2) is 40.6 Å². The van der Waals surface area contributed by atoms with Gasteiger partial charge in [-0.05, 0) is 30.3 Å². The average molecular weight is 234 g/mol. The third-order valence-electron chi connectivity index (χ3n) is 2.28. The van der Waals surface area contributed by atoms with E-state index in [2.05, 4.69) is 16.1 Å². The summed E-state index contributed by atoms with van der Waals surface area (Å²) in [7, 11) is 1.88. The fourth-order valence-electron chi connectivity index (χ4n) is 1.43. The molecule has 2 aromatic rings. The Bertz CT molecular complexity index is 478. The van der Waals surface area contributed by atoms with Gasteiger partial charge in [0.1, 0.15) is 6.33 Å². The third-order valence-corrected chi connectivity index (χ3v) is 3.42. The number of hydrogen-bond acceptors (Lipinski definition) is 4. The van der Waals surface area contributed by atoms with Crippen LogP contribution in [0.4, 0.5) is 0 Å². The highest BCUT2D eigenvalue weighted by molar-refractivity contribution is 7.99. The number of aryl methyl sites for hydroxylation is 1. The molecule has 0 spiro atoms. The molecule has 1 aromatic heterocycles. The maximum atomic E-state index is 5.93. The lowest BCUT2D eigenvalue weighted by molar-refractivity contribution is 0.684. The van der Waals surface area contributed by atoms with E-state index in [0.29, 0.717) is 0 Å². The second kappa shape index (κ2) is 4.67. The Hall–Kier alpha value is -1.33. The van der Waals surface area contributed by atoms with Crippen LogP contribution in [0.25, 0.3) is 0 Å². The summed E-state index contributed by atoms with van der Waals surface area (Å²) in [4.78, 5) is 5.32. The molecule has 4 nitrogen and oxygen atoms in total. The summed E-state index contributed by atoms with van der Waals surface area (Å²) in [5.41, 5.74) is 7.06. The van der Waals surface area contributed by atoms with E-state index in [9.17, 15) is 0 Å². The molecule has 2 rings (SSSR count). The summed E-state index contributed by atoms with van der Waals surface area (Å²) in [6.45, 7) is 1.98. The highest BCUT2D eigenvalue weighted by Gasteiger charge is 2.09. The molecule has 0 aliphatic carbocycles. The minimum absolute atomic E-state index is 0.0249. The van der Waals surface area contributed by atoms with Gasteiger partial charge in [-0.3, -0.25) is 0 Å². The summed E-state index contributed by atoms with van der Waals surface area (Å²) in [6, 6.07) is 8.13. The maximum Gasteiger partial charge on any atom is 0.190 e. The zero-order valence-corrected chi connectivity index (χ0v) is 10.1. The number of nitrogens with two attached hydrogens (primary N) is 1. The first kappa shape index (κ1) is 11.2. The lowest BCUT2D eigenvalue weighted by Crippen LogP contribution is -2.06. The lowest BCUT2D eigenvalue weighted by Gasteiger charge is -2.11. The Balaban J connectivity index is 2.31. The Labute approximate surface area is 98.9 Å². The highest BCUT2D eigenvalue weighted by atomic mass is 32.2. The molecule has 0 amide bonds. The molecule has 5 heteroatoms. The van der Waals surface area contributed by atoms with E-state index in [0.717, 1.165) is 15.6 Å². The summed E-state index contributed by atoms with van der Waals surface area (Å²) in [6.07, 6.45) is 1.55. The molecule has 1 atom stereocenters. The Morgan fingerprint density at radius 2 is 2.12 bits per heavy atom. The van der Waals surface area contributed by atoms with Crippen molar-refractivity contribution in [2.24, 2.45) is 12.8 Å². The van der Waals surface area contributed by atoms with Crippen molar-refractivity contribution in [2.45, 2.75) is 23.0 Å². The topological polar surface area (TPSA) is 56.7 Å². The lowest BCUT2D eigenvalue weighted by atomic mass is 10.1. The molecule has 0 unspecified atom stereocenters. The van der Waals surface area contributed by atoms with Gasteiger partial charge in [0, 0.05) is 18.0 Å². The zero-order valence-electron chi connectivity index (χ0n) is 9.29. The second-order valence-electron chi connectivity index (χ2n) is 3.59. The quantitative estimate of drug-likeness (QED) is 0.882. The van der Waals surface area contributed by atoms with Crippen LogP contribution in [0.3, 0.4) is 0 Å². The smallest absolute Gasteiger partial charge is 0.190 e. The van der Waals surface area contributed by atoms with Crippen LogP contribution in [-0.2, 0) is 7.05 Å². The monoisotopic (exact) mass is 234 g/mol. The van der Waals surface area contributed by atoms with Crippen molar-refractivity contribution >= 4 is 11.8 Å². The Morgan fingerprint density at radius 3 is 2.75 bits per heavy atom. The minimum Gasteiger partial charge on any atom is -0.324 e. The summed E-state index contributed by atoms with van der Waals surface area (Å²) in [5, 5.41) is 4.91. The first-order chi connectivity index (χ1) is 7.68. The molecule has 1 heterocycles. The van der Waals surface area contributed by atoms with E-state index in [1.165, 1.54) is 0 Å². The van der Waals surface area contributed by atoms with Gasteiger partial charge in [-0.25, -0.2) is 9.67 Å². The molecule has 0 saturated carbocycles. The van der Waals surface area contributed by atoms with Gasteiger partial charge >= 0.3 is 0 Å². The summed E-state index contributed by atoms with van der Waals surface area (Å²) in [5.74, 6) is 0. The first-order valence-corrected chi connectivity index (χ1v) is 5.86. The van der Waals surface area contributed by atoms with E-state index in [1.807, 2.05) is 32.2 Å². The largest absolute Gasteiger partial charge is 0.324 e. The summed E-state index contributed by atoms with van der Waals surface area (Å²) >= 11 is 1.59. The fourth-order valence-corrected chi connectivity index (χ4v) is 2.42. The van der Waals surface area contributed by atoms with Crippen molar-refractivity contribution in [3.8, 4) is 0 Å². The van der Waals surface area contributed by atoms with Gasteiger partial charge in [0.15, 0.2) is 5.16 Å². The number of benzene rings is 1. The van der Waals surface area contributed by atoms with E-state index < -0.39 is 0 Å². The van der Waals surface area contributed by atoms with Crippen LogP contribution >= 0.6 is 11.8 Å². The summed E-state index contributed by atoms with van der Waals surface area (Å²) < 4.78 is 1.75. The van der Waals surface area contributed by atoms with Crippen LogP contribution in [0.2, 0.25) is 0 Å². The average Bonchev–Trinajstić information content (AvgIpc) is 2.65. The number of rotatable bonds is 3. The van der Waals surface area contributed by atoms with Gasteiger partial charge in [0.25, 0.3) is 0 Å². The molecular weight excluding hydrogens is 220 g/mol. The van der Waals surface area contributed by atoms with Gasteiger partial charge in [-0.15, -0.1) is 0 Å². The molecule has 84 valence electrons. The van der Waals surface area contributed by atoms with Gasteiger partial charge in [-0.2, -0.15) is 5.10 Å². The fraction of sp³-hybridized carbons (Fsp3) is 0.273. The molecule has 0 fully saturated rings. The van der Waals surface area contributed by atoms with Crippen molar-refractivity contribution in [3.05, 3.63) is 36.2 Å². The molecule has 16 heavy (non-hydrogen) atoms. The number of hydrogen-bond donors (Lipinski definition) is 1. The van der Waals surface area contributed by atoms with Crippen LogP contribution in [0, 0.1) is 0 Å². The molecule has 1 aromatic carbocycles. The third kappa shape index (κ3) is 2.25. The SMILES string of the molecule is C[C@H](N)c1ccccc1Sc1ncnn1C. The van der Waals surface area contributed by atoms with E-state index >= 15 is 0 Å². The van der Waals surface area contributed by atoms with Gasteiger partial charge in [0.2, 0.25) is 0 Å². The minimum atomic E-state index is 0.0249. The van der Waals surface area contributed by atoms with E-state index in [-0.39, 0.29) is 6.04 Å². The predicted molar refractivity (Wildman–Crippen MR) is 64.2 cm³/mol. The van der Waals surface area contributed by atoms with Crippen molar-refractivity contribution in [1.82, 2.24) is 14.8 Å². The highest BCUT2D eigenvalue weighted by Crippen LogP contribution is 2.30. The molecule has 0 saturated heterocycles. The Kier molecular flexibility index (Phi) is 3.26. The van der Waals surface area contributed by atoms with Gasteiger partial charge < -0.3 is 5.73 Å². The van der Waals surface area contributed by atoms with Crippen molar-refractivity contribution in [1.29, 1.82) is 0 Å². The first-order valence-electron chi connectivity index (χ1n) is 5.05. The van der Waals surface area contributed by atoms with E-state index in [4.69, 9.17) is 5.73 Å². The molecular formula is C11H14N4S. The normalized spacial score (nSPS) is 12.7. The molecule has 0 radical (unpaired) electrons. The van der Waals surface area contributed by atoms with Gasteiger partial charge in [-0.1, -0.05) is 18.2 Å². The van der Waals surface area contributed by atoms with Crippen LogP contribution in [0.1, 0.15) is 18.5 Å². The molecule has 0 aliphatic heterocycles. The van der Waals surface area contributed by atoms with E-state index in [1.54, 1.807) is 22.8 Å².